The third-order valence-electron chi connectivity index (χ3n) is 4.29. The summed E-state index contributed by atoms with van der Waals surface area (Å²) in [7, 11) is -3.67. The number of amides is 1. The number of nitrogens with zero attached hydrogens (tertiary/aromatic N) is 2. The normalized spacial score (nSPS) is 11.7. The summed E-state index contributed by atoms with van der Waals surface area (Å²) in [4.78, 5) is 16.5. The van der Waals surface area contributed by atoms with E-state index in [0.717, 1.165) is 25.0 Å². The Kier molecular flexibility index (Phi) is 8.59. The molecule has 0 atom stereocenters. The molecule has 1 rings (SSSR count). The third kappa shape index (κ3) is 7.40. The molecule has 0 saturated carbocycles. The Morgan fingerprint density at radius 1 is 1.11 bits per heavy atom. The van der Waals surface area contributed by atoms with Crippen molar-refractivity contribution in [3.05, 3.63) is 23.8 Å². The van der Waals surface area contributed by atoms with E-state index in [1.54, 1.807) is 11.0 Å². The van der Waals surface area contributed by atoms with Crippen LogP contribution >= 0.6 is 0 Å². The molecule has 0 aliphatic heterocycles. The molecule has 0 aliphatic rings. The van der Waals surface area contributed by atoms with Crippen LogP contribution in [-0.2, 0) is 21.5 Å². The van der Waals surface area contributed by atoms with E-state index in [2.05, 4.69) is 4.90 Å². The summed E-state index contributed by atoms with van der Waals surface area (Å²) in [5.74, 6) is 0.596. The van der Waals surface area contributed by atoms with E-state index in [9.17, 15) is 13.2 Å². The van der Waals surface area contributed by atoms with Crippen LogP contribution in [0.15, 0.2) is 18.2 Å². The van der Waals surface area contributed by atoms with Gasteiger partial charge in [-0.2, -0.15) is 8.42 Å². The number of hydrogen-bond donors (Lipinski definition) is 0. The Bertz CT molecular complexity index is 725. The lowest BCUT2D eigenvalue weighted by Gasteiger charge is -2.29. The lowest BCUT2D eigenvalue weighted by Crippen LogP contribution is -2.37. The monoisotopic (exact) mass is 398 g/mol. The van der Waals surface area contributed by atoms with Gasteiger partial charge in [0.25, 0.3) is 0 Å². The van der Waals surface area contributed by atoms with E-state index in [0.29, 0.717) is 18.5 Å². The van der Waals surface area contributed by atoms with Crippen molar-refractivity contribution in [2.24, 2.45) is 5.92 Å². The largest absolute Gasteiger partial charge is 0.382 e. The minimum atomic E-state index is -3.67. The number of carbonyl (C=O) groups is 1. The molecule has 154 valence electrons. The Labute approximate surface area is 164 Å². The summed E-state index contributed by atoms with van der Waals surface area (Å²) in [5.41, 5.74) is 1.58. The first-order chi connectivity index (χ1) is 12.5. The predicted molar refractivity (Wildman–Crippen MR) is 111 cm³/mol. The van der Waals surface area contributed by atoms with E-state index in [1.165, 1.54) is 0 Å². The molecule has 0 bridgehead atoms. The second kappa shape index (κ2) is 9.97. The van der Waals surface area contributed by atoms with Crippen molar-refractivity contribution in [3.63, 3.8) is 0 Å². The molecule has 0 spiro atoms. The zero-order chi connectivity index (χ0) is 20.8. The van der Waals surface area contributed by atoms with Gasteiger partial charge in [0.1, 0.15) is 5.75 Å². The van der Waals surface area contributed by atoms with Crippen LogP contribution in [0.1, 0.15) is 53.5 Å². The second-order valence-corrected chi connectivity index (χ2v) is 9.04. The van der Waals surface area contributed by atoms with Crippen LogP contribution in [0.4, 0.5) is 5.69 Å². The summed E-state index contributed by atoms with van der Waals surface area (Å²) < 4.78 is 28.8. The smallest absolute Gasteiger partial charge is 0.306 e. The van der Waals surface area contributed by atoms with E-state index in [-0.39, 0.29) is 23.6 Å². The Morgan fingerprint density at radius 2 is 1.70 bits per heavy atom. The molecule has 0 unspecified atom stereocenters. The van der Waals surface area contributed by atoms with Crippen LogP contribution in [-0.4, -0.2) is 44.6 Å². The molecule has 0 saturated heterocycles. The van der Waals surface area contributed by atoms with Gasteiger partial charge < -0.3 is 14.0 Å². The van der Waals surface area contributed by atoms with Crippen LogP contribution in [0.3, 0.4) is 0 Å². The maximum atomic E-state index is 12.6. The first-order valence-corrected chi connectivity index (χ1v) is 11.4. The maximum Gasteiger partial charge on any atom is 0.306 e. The molecule has 1 aromatic carbocycles. The first-order valence-electron chi connectivity index (χ1n) is 9.55. The lowest BCUT2D eigenvalue weighted by molar-refractivity contribution is -0.134. The summed E-state index contributed by atoms with van der Waals surface area (Å²) in [6.07, 6.45) is 1.49. The van der Waals surface area contributed by atoms with E-state index >= 15 is 0 Å². The number of anilines is 1. The maximum absolute atomic E-state index is 12.6. The van der Waals surface area contributed by atoms with Crippen LogP contribution in [0.5, 0.6) is 5.75 Å². The molecule has 0 fully saturated rings. The van der Waals surface area contributed by atoms with Crippen molar-refractivity contribution < 1.29 is 17.4 Å². The molecule has 0 aromatic heterocycles. The van der Waals surface area contributed by atoms with Gasteiger partial charge in [-0.25, -0.2) is 0 Å². The summed E-state index contributed by atoms with van der Waals surface area (Å²) in [6.45, 7) is 13.9. The number of carbonyl (C=O) groups excluding carboxylic acids is 1. The number of rotatable bonds is 10. The lowest BCUT2D eigenvalue weighted by atomic mass is 10.1. The van der Waals surface area contributed by atoms with Crippen LogP contribution < -0.4 is 9.08 Å². The van der Waals surface area contributed by atoms with Gasteiger partial charge in [0.15, 0.2) is 0 Å². The first kappa shape index (κ1) is 23.3. The molecule has 1 amide bonds. The molecule has 1 aromatic rings. The Morgan fingerprint density at radius 3 is 2.15 bits per heavy atom. The molecular weight excluding hydrogens is 364 g/mol. The van der Waals surface area contributed by atoms with Gasteiger partial charge in [0.2, 0.25) is 5.91 Å². The van der Waals surface area contributed by atoms with Gasteiger partial charge >= 0.3 is 10.1 Å². The molecule has 0 aliphatic carbocycles. The van der Waals surface area contributed by atoms with Gasteiger partial charge in [0, 0.05) is 49.4 Å². The minimum Gasteiger partial charge on any atom is -0.382 e. The SMILES string of the molecule is CCN(CC)c1ccc(CN(C(=O)CC(C)C)C(C)C)c(OS(C)(=O)=O)c1. The van der Waals surface area contributed by atoms with Crippen molar-refractivity contribution in [2.75, 3.05) is 24.2 Å². The van der Waals surface area contributed by atoms with Gasteiger partial charge in [-0.05, 0) is 39.7 Å². The fourth-order valence-electron chi connectivity index (χ4n) is 2.91. The summed E-state index contributed by atoms with van der Waals surface area (Å²) in [5, 5.41) is 0. The molecule has 27 heavy (non-hydrogen) atoms. The molecule has 7 heteroatoms. The molecule has 0 N–H and O–H groups in total. The number of benzene rings is 1. The van der Waals surface area contributed by atoms with E-state index in [4.69, 9.17) is 4.18 Å². The fraction of sp³-hybridized carbons (Fsp3) is 0.650. The van der Waals surface area contributed by atoms with E-state index < -0.39 is 10.1 Å². The zero-order valence-electron chi connectivity index (χ0n) is 17.7. The van der Waals surface area contributed by atoms with Gasteiger partial charge in [0.05, 0.1) is 6.26 Å². The highest BCUT2D eigenvalue weighted by Gasteiger charge is 2.21. The van der Waals surface area contributed by atoms with Crippen molar-refractivity contribution in [1.29, 1.82) is 0 Å². The van der Waals surface area contributed by atoms with Crippen LogP contribution in [0.2, 0.25) is 0 Å². The van der Waals surface area contributed by atoms with E-state index in [1.807, 2.05) is 53.7 Å². The Balaban J connectivity index is 3.28. The van der Waals surface area contributed by atoms with Crippen molar-refractivity contribution in [1.82, 2.24) is 4.90 Å². The molecule has 0 heterocycles. The molecular formula is C20H34N2O4S. The van der Waals surface area contributed by atoms with Crippen LogP contribution in [0, 0.1) is 5.92 Å². The Hall–Kier alpha value is -1.76. The average Bonchev–Trinajstić information content (AvgIpc) is 2.52. The zero-order valence-corrected chi connectivity index (χ0v) is 18.5. The third-order valence-corrected chi connectivity index (χ3v) is 4.77. The van der Waals surface area contributed by atoms with Gasteiger partial charge in [-0.3, -0.25) is 4.79 Å². The molecule has 6 nitrogen and oxygen atoms in total. The second-order valence-electron chi connectivity index (χ2n) is 7.47. The highest BCUT2D eigenvalue weighted by Crippen LogP contribution is 2.29. The predicted octanol–water partition coefficient (Wildman–Crippen LogP) is 3.65. The minimum absolute atomic E-state index is 0.00444. The quantitative estimate of drug-likeness (QED) is 0.563. The summed E-state index contributed by atoms with van der Waals surface area (Å²) in [6, 6.07) is 5.55. The highest BCUT2D eigenvalue weighted by molar-refractivity contribution is 7.86. The summed E-state index contributed by atoms with van der Waals surface area (Å²) >= 11 is 0. The topological polar surface area (TPSA) is 66.9 Å². The molecule has 0 radical (unpaired) electrons. The van der Waals surface area contributed by atoms with Crippen molar-refractivity contribution in [2.45, 2.75) is 60.5 Å². The standard InChI is InChI=1S/C20H34N2O4S/c1-8-21(9-2)18-11-10-17(19(13-18)26-27(7,24)25)14-22(16(5)6)20(23)12-15(3)4/h10-11,13,15-16H,8-9,12,14H2,1-7H3. The van der Waals surface area contributed by atoms with Gasteiger partial charge in [-0.1, -0.05) is 19.9 Å². The number of hydrogen-bond acceptors (Lipinski definition) is 5. The fourth-order valence-corrected chi connectivity index (χ4v) is 3.39. The van der Waals surface area contributed by atoms with Crippen molar-refractivity contribution >= 4 is 21.7 Å². The average molecular weight is 399 g/mol. The van der Waals surface area contributed by atoms with Crippen LogP contribution in [0.25, 0.3) is 0 Å². The van der Waals surface area contributed by atoms with Gasteiger partial charge in [-0.15, -0.1) is 0 Å². The highest BCUT2D eigenvalue weighted by atomic mass is 32.2. The van der Waals surface area contributed by atoms with Crippen molar-refractivity contribution in [3.8, 4) is 5.75 Å².